The number of nitrogens with one attached hydrogen (secondary N) is 1. The van der Waals surface area contributed by atoms with E-state index in [-0.39, 0.29) is 18.2 Å². The number of hydrogen-bond acceptors (Lipinski definition) is 3. The van der Waals surface area contributed by atoms with E-state index in [1.807, 2.05) is 6.07 Å². The van der Waals surface area contributed by atoms with Crippen LogP contribution in [0.2, 0.25) is 10.0 Å². The number of carbonyl (C=O) groups excluding carboxylic acids is 2. The summed E-state index contributed by atoms with van der Waals surface area (Å²) in [5.41, 5.74) is 1.42. The molecule has 1 fully saturated rings. The number of benzene rings is 2. The molecule has 4 nitrogen and oxygen atoms in total. The van der Waals surface area contributed by atoms with E-state index in [1.54, 1.807) is 42.5 Å². The van der Waals surface area contributed by atoms with Crippen LogP contribution in [0.5, 0.6) is 0 Å². The predicted molar refractivity (Wildman–Crippen MR) is 90.6 cm³/mol. The Bertz CT molecular complexity index is 750. The zero-order valence-electron chi connectivity index (χ0n) is 12.1. The molecular formula is C17H14Cl2N2O2. The van der Waals surface area contributed by atoms with Gasteiger partial charge in [0.15, 0.2) is 0 Å². The first-order valence-electron chi connectivity index (χ1n) is 7.15. The number of hydrogen-bond donors (Lipinski definition) is 1. The highest BCUT2D eigenvalue weighted by molar-refractivity contribution is 6.35. The molecule has 1 N–H and O–H groups in total. The third-order valence-electron chi connectivity index (χ3n) is 3.72. The standard InChI is InChI=1S/C17H14Cl2N2O2/c18-12-7-6-11(14(19)8-12)10-20-15-9-16(22)21(17(15)23)13-4-2-1-3-5-13/h1-8,15,20H,9-10H2. The molecule has 118 valence electrons. The number of carbonyl (C=O) groups is 2. The molecule has 3 rings (SSSR count). The van der Waals surface area contributed by atoms with Crippen LogP contribution in [-0.4, -0.2) is 17.9 Å². The van der Waals surface area contributed by atoms with E-state index in [9.17, 15) is 9.59 Å². The molecule has 1 heterocycles. The summed E-state index contributed by atoms with van der Waals surface area (Å²) in [6.07, 6.45) is 0.138. The third-order valence-corrected chi connectivity index (χ3v) is 4.30. The maximum Gasteiger partial charge on any atom is 0.251 e. The summed E-state index contributed by atoms with van der Waals surface area (Å²) >= 11 is 12.0. The van der Waals surface area contributed by atoms with Crippen molar-refractivity contribution in [2.45, 2.75) is 19.0 Å². The first-order valence-corrected chi connectivity index (χ1v) is 7.91. The lowest BCUT2D eigenvalue weighted by molar-refractivity contribution is -0.121. The van der Waals surface area contributed by atoms with Crippen LogP contribution in [0, 0.1) is 0 Å². The van der Waals surface area contributed by atoms with E-state index < -0.39 is 6.04 Å². The lowest BCUT2D eigenvalue weighted by Gasteiger charge is -2.15. The van der Waals surface area contributed by atoms with Gasteiger partial charge in [0, 0.05) is 16.6 Å². The van der Waals surface area contributed by atoms with Crippen molar-refractivity contribution in [2.24, 2.45) is 0 Å². The SMILES string of the molecule is O=C1CC(NCc2ccc(Cl)cc2Cl)C(=O)N1c1ccccc1. The van der Waals surface area contributed by atoms with Crippen LogP contribution in [0.3, 0.4) is 0 Å². The molecule has 1 atom stereocenters. The van der Waals surface area contributed by atoms with E-state index in [2.05, 4.69) is 5.32 Å². The molecule has 0 spiro atoms. The van der Waals surface area contributed by atoms with Gasteiger partial charge >= 0.3 is 0 Å². The number of imide groups is 1. The molecule has 0 saturated carbocycles. The monoisotopic (exact) mass is 348 g/mol. The Morgan fingerprint density at radius 3 is 2.52 bits per heavy atom. The number of rotatable bonds is 4. The summed E-state index contributed by atoms with van der Waals surface area (Å²) in [6, 6.07) is 13.6. The highest BCUT2D eigenvalue weighted by Gasteiger charge is 2.39. The Morgan fingerprint density at radius 1 is 1.09 bits per heavy atom. The van der Waals surface area contributed by atoms with E-state index in [1.165, 1.54) is 4.90 Å². The van der Waals surface area contributed by atoms with Crippen LogP contribution in [0.15, 0.2) is 48.5 Å². The minimum Gasteiger partial charge on any atom is -0.301 e. The number of para-hydroxylation sites is 1. The predicted octanol–water partition coefficient (Wildman–Crippen LogP) is 3.42. The largest absolute Gasteiger partial charge is 0.301 e. The summed E-state index contributed by atoms with van der Waals surface area (Å²) < 4.78 is 0. The maximum absolute atomic E-state index is 12.5. The zero-order chi connectivity index (χ0) is 16.4. The van der Waals surface area contributed by atoms with Crippen LogP contribution >= 0.6 is 23.2 Å². The molecule has 0 aliphatic carbocycles. The molecule has 0 aromatic heterocycles. The molecule has 1 aliphatic rings. The fraction of sp³-hybridized carbons (Fsp3) is 0.176. The molecular weight excluding hydrogens is 335 g/mol. The molecule has 0 radical (unpaired) electrons. The molecule has 2 amide bonds. The second-order valence-electron chi connectivity index (χ2n) is 5.28. The number of nitrogens with zero attached hydrogens (tertiary/aromatic N) is 1. The van der Waals surface area contributed by atoms with Crippen molar-refractivity contribution < 1.29 is 9.59 Å². The molecule has 2 aromatic carbocycles. The second-order valence-corrected chi connectivity index (χ2v) is 6.12. The highest BCUT2D eigenvalue weighted by Crippen LogP contribution is 2.24. The zero-order valence-corrected chi connectivity index (χ0v) is 13.6. The van der Waals surface area contributed by atoms with Gasteiger partial charge in [0.1, 0.15) is 0 Å². The van der Waals surface area contributed by atoms with Gasteiger partial charge in [-0.2, -0.15) is 0 Å². The van der Waals surface area contributed by atoms with Gasteiger partial charge in [0.05, 0.1) is 18.2 Å². The van der Waals surface area contributed by atoms with Crippen molar-refractivity contribution in [3.05, 3.63) is 64.1 Å². The molecule has 1 unspecified atom stereocenters. The van der Waals surface area contributed by atoms with E-state index in [4.69, 9.17) is 23.2 Å². The average Bonchev–Trinajstić information content (AvgIpc) is 2.81. The number of halogens is 2. The topological polar surface area (TPSA) is 49.4 Å². The first kappa shape index (κ1) is 16.0. The van der Waals surface area contributed by atoms with Crippen LogP contribution in [0.4, 0.5) is 5.69 Å². The Kier molecular flexibility index (Phi) is 4.66. The normalized spacial score (nSPS) is 17.8. The Hall–Kier alpha value is -1.88. The van der Waals surface area contributed by atoms with Crippen LogP contribution in [0.1, 0.15) is 12.0 Å². The van der Waals surface area contributed by atoms with Crippen LogP contribution in [0.25, 0.3) is 0 Å². The summed E-state index contributed by atoms with van der Waals surface area (Å²) in [5, 5.41) is 4.18. The van der Waals surface area contributed by atoms with Crippen molar-refractivity contribution in [2.75, 3.05) is 4.90 Å². The molecule has 0 bridgehead atoms. The fourth-order valence-electron chi connectivity index (χ4n) is 2.54. The van der Waals surface area contributed by atoms with E-state index in [0.29, 0.717) is 22.3 Å². The molecule has 6 heteroatoms. The maximum atomic E-state index is 12.5. The summed E-state index contributed by atoms with van der Waals surface area (Å²) in [6.45, 7) is 0.391. The van der Waals surface area contributed by atoms with Gasteiger partial charge in [-0.1, -0.05) is 47.5 Å². The fourth-order valence-corrected chi connectivity index (χ4v) is 3.01. The van der Waals surface area contributed by atoms with Crippen LogP contribution in [-0.2, 0) is 16.1 Å². The second kappa shape index (κ2) is 6.71. The van der Waals surface area contributed by atoms with Crippen molar-refractivity contribution in [1.29, 1.82) is 0 Å². The lowest BCUT2D eigenvalue weighted by atomic mass is 10.2. The number of amides is 2. The Labute approximate surface area is 144 Å². The van der Waals surface area contributed by atoms with Gasteiger partial charge < -0.3 is 5.32 Å². The first-order chi connectivity index (χ1) is 11.1. The van der Waals surface area contributed by atoms with Gasteiger partial charge in [0.25, 0.3) is 5.91 Å². The minimum absolute atomic E-state index is 0.138. The van der Waals surface area contributed by atoms with Gasteiger partial charge in [0.2, 0.25) is 5.91 Å². The summed E-state index contributed by atoms with van der Waals surface area (Å²) in [4.78, 5) is 25.8. The van der Waals surface area contributed by atoms with Crippen molar-refractivity contribution >= 4 is 40.7 Å². The summed E-state index contributed by atoms with van der Waals surface area (Å²) in [5.74, 6) is -0.452. The Morgan fingerprint density at radius 2 is 1.83 bits per heavy atom. The van der Waals surface area contributed by atoms with Gasteiger partial charge in [-0.05, 0) is 29.8 Å². The average molecular weight is 349 g/mol. The van der Waals surface area contributed by atoms with E-state index in [0.717, 1.165) is 5.56 Å². The smallest absolute Gasteiger partial charge is 0.251 e. The van der Waals surface area contributed by atoms with Crippen molar-refractivity contribution in [1.82, 2.24) is 5.32 Å². The minimum atomic E-state index is -0.547. The van der Waals surface area contributed by atoms with Gasteiger partial charge in [-0.3, -0.25) is 9.59 Å². The number of anilines is 1. The Balaban J connectivity index is 1.70. The van der Waals surface area contributed by atoms with Crippen LogP contribution < -0.4 is 10.2 Å². The molecule has 1 aliphatic heterocycles. The molecule has 1 saturated heterocycles. The highest BCUT2D eigenvalue weighted by atomic mass is 35.5. The van der Waals surface area contributed by atoms with Crippen molar-refractivity contribution in [3.8, 4) is 0 Å². The van der Waals surface area contributed by atoms with Gasteiger partial charge in [-0.15, -0.1) is 0 Å². The lowest BCUT2D eigenvalue weighted by Crippen LogP contribution is -2.38. The third kappa shape index (κ3) is 3.39. The summed E-state index contributed by atoms with van der Waals surface area (Å²) in [7, 11) is 0. The van der Waals surface area contributed by atoms with Crippen molar-refractivity contribution in [3.63, 3.8) is 0 Å². The molecule has 2 aromatic rings. The molecule has 23 heavy (non-hydrogen) atoms. The quantitative estimate of drug-likeness (QED) is 0.861. The van der Waals surface area contributed by atoms with E-state index >= 15 is 0 Å². The van der Waals surface area contributed by atoms with Gasteiger partial charge in [-0.25, -0.2) is 4.90 Å².